The molecule has 0 aliphatic heterocycles. The van der Waals surface area contributed by atoms with E-state index in [0.717, 1.165) is 16.7 Å². The lowest BCUT2D eigenvalue weighted by atomic mass is 10.0. The highest BCUT2D eigenvalue weighted by Gasteiger charge is 2.30. The molecule has 5 nitrogen and oxygen atoms in total. The zero-order valence-corrected chi connectivity index (χ0v) is 18.7. The van der Waals surface area contributed by atoms with Gasteiger partial charge in [-0.15, -0.1) is 0 Å². The van der Waals surface area contributed by atoms with Crippen LogP contribution >= 0.6 is 0 Å². The van der Waals surface area contributed by atoms with Crippen LogP contribution in [0.25, 0.3) is 0 Å². The number of hydrogen-bond acceptors (Lipinski definition) is 3. The molecule has 0 spiro atoms. The van der Waals surface area contributed by atoms with Gasteiger partial charge in [-0.25, -0.2) is 0 Å². The number of rotatable bonds is 10. The standard InChI is InChI=1S/C27H30N2O3/c1-3-28-27(31)25(18-22-10-6-4-7-11-22)29(19-23-16-14-21(2)15-17-23)26(30)20-32-24-12-8-5-9-13-24/h4-17,25H,3,18-20H2,1-2H3,(H,28,31)/t25-/m0/s1. The summed E-state index contributed by atoms with van der Waals surface area (Å²) in [7, 11) is 0. The van der Waals surface area contributed by atoms with E-state index in [1.807, 2.05) is 98.8 Å². The average molecular weight is 431 g/mol. The van der Waals surface area contributed by atoms with Gasteiger partial charge in [0.25, 0.3) is 5.91 Å². The number of ether oxygens (including phenoxy) is 1. The third-order valence-corrected chi connectivity index (χ3v) is 5.20. The first-order valence-electron chi connectivity index (χ1n) is 10.9. The third kappa shape index (κ3) is 6.71. The van der Waals surface area contributed by atoms with Gasteiger partial charge in [-0.1, -0.05) is 78.4 Å². The normalized spacial score (nSPS) is 11.4. The number of nitrogens with one attached hydrogen (secondary N) is 1. The van der Waals surface area contributed by atoms with Crippen LogP contribution in [0.2, 0.25) is 0 Å². The van der Waals surface area contributed by atoms with E-state index in [2.05, 4.69) is 5.32 Å². The molecule has 2 amide bonds. The van der Waals surface area contributed by atoms with E-state index >= 15 is 0 Å². The Hall–Kier alpha value is -3.60. The monoisotopic (exact) mass is 430 g/mol. The molecule has 3 rings (SSSR count). The summed E-state index contributed by atoms with van der Waals surface area (Å²) in [6, 6.07) is 26.3. The van der Waals surface area contributed by atoms with Gasteiger partial charge in [0.15, 0.2) is 6.61 Å². The van der Waals surface area contributed by atoms with Crippen LogP contribution in [0.15, 0.2) is 84.9 Å². The van der Waals surface area contributed by atoms with Gasteiger partial charge >= 0.3 is 0 Å². The topological polar surface area (TPSA) is 58.6 Å². The van der Waals surface area contributed by atoms with Gasteiger partial charge in [-0.05, 0) is 37.1 Å². The van der Waals surface area contributed by atoms with Crippen LogP contribution in [0.3, 0.4) is 0 Å². The number of nitrogens with zero attached hydrogens (tertiary/aromatic N) is 1. The highest BCUT2D eigenvalue weighted by molar-refractivity contribution is 5.88. The van der Waals surface area contributed by atoms with Crippen molar-refractivity contribution in [3.05, 3.63) is 102 Å². The quantitative estimate of drug-likeness (QED) is 0.526. The van der Waals surface area contributed by atoms with Crippen LogP contribution < -0.4 is 10.1 Å². The lowest BCUT2D eigenvalue weighted by Gasteiger charge is -2.31. The first kappa shape index (κ1) is 23.1. The zero-order chi connectivity index (χ0) is 22.8. The lowest BCUT2D eigenvalue weighted by molar-refractivity contribution is -0.142. The van der Waals surface area contributed by atoms with E-state index in [4.69, 9.17) is 4.74 Å². The fourth-order valence-corrected chi connectivity index (χ4v) is 3.48. The highest BCUT2D eigenvalue weighted by atomic mass is 16.5. The SMILES string of the molecule is CCNC(=O)[C@H](Cc1ccccc1)N(Cc1ccc(C)cc1)C(=O)COc1ccccc1. The maximum absolute atomic E-state index is 13.3. The predicted molar refractivity (Wildman–Crippen MR) is 126 cm³/mol. The molecule has 0 aliphatic carbocycles. The van der Waals surface area contributed by atoms with Crippen molar-refractivity contribution in [1.82, 2.24) is 10.2 Å². The molecule has 0 saturated heterocycles. The minimum atomic E-state index is -0.648. The molecule has 0 bridgehead atoms. The van der Waals surface area contributed by atoms with Gasteiger partial charge in [0.1, 0.15) is 11.8 Å². The summed E-state index contributed by atoms with van der Waals surface area (Å²) in [4.78, 5) is 28.0. The number of carbonyl (C=O) groups is 2. The molecule has 0 aromatic heterocycles. The minimum absolute atomic E-state index is 0.138. The Bertz CT molecular complexity index is 988. The molecule has 166 valence electrons. The van der Waals surface area contributed by atoms with Gasteiger partial charge in [-0.3, -0.25) is 9.59 Å². The molecule has 0 unspecified atom stereocenters. The summed E-state index contributed by atoms with van der Waals surface area (Å²) in [5.41, 5.74) is 3.10. The first-order chi connectivity index (χ1) is 15.6. The molecule has 0 radical (unpaired) electrons. The number of benzene rings is 3. The van der Waals surface area contributed by atoms with Crippen molar-refractivity contribution in [3.8, 4) is 5.75 Å². The smallest absolute Gasteiger partial charge is 0.261 e. The van der Waals surface area contributed by atoms with Gasteiger partial charge in [0, 0.05) is 19.5 Å². The van der Waals surface area contributed by atoms with Gasteiger partial charge < -0.3 is 15.0 Å². The van der Waals surface area contributed by atoms with Gasteiger partial charge in [-0.2, -0.15) is 0 Å². The third-order valence-electron chi connectivity index (χ3n) is 5.20. The summed E-state index contributed by atoms with van der Waals surface area (Å²) in [5, 5.41) is 2.90. The predicted octanol–water partition coefficient (Wildman–Crippen LogP) is 4.15. The summed E-state index contributed by atoms with van der Waals surface area (Å²) in [6.07, 6.45) is 0.426. The fraction of sp³-hybridized carbons (Fsp3) is 0.259. The van der Waals surface area contributed by atoms with Gasteiger partial charge in [0.2, 0.25) is 5.91 Å². The van der Waals surface area contributed by atoms with Crippen molar-refractivity contribution in [3.63, 3.8) is 0 Å². The van der Waals surface area contributed by atoms with Crippen molar-refractivity contribution >= 4 is 11.8 Å². The molecule has 5 heteroatoms. The summed E-state index contributed by atoms with van der Waals surface area (Å²) >= 11 is 0. The van der Waals surface area contributed by atoms with Crippen molar-refractivity contribution in [2.75, 3.05) is 13.2 Å². The van der Waals surface area contributed by atoms with E-state index in [1.165, 1.54) is 0 Å². The van der Waals surface area contributed by atoms with Gasteiger partial charge in [0.05, 0.1) is 0 Å². The van der Waals surface area contributed by atoms with Crippen molar-refractivity contribution in [2.45, 2.75) is 32.9 Å². The van der Waals surface area contributed by atoms with Crippen LogP contribution in [0.4, 0.5) is 0 Å². The molecular weight excluding hydrogens is 400 g/mol. The van der Waals surface area contributed by atoms with E-state index in [-0.39, 0.29) is 18.4 Å². The Kier molecular flexibility index (Phi) is 8.44. The number of para-hydroxylation sites is 1. The largest absolute Gasteiger partial charge is 0.484 e. The van der Waals surface area contributed by atoms with Crippen LogP contribution in [-0.4, -0.2) is 35.9 Å². The molecule has 1 atom stereocenters. The minimum Gasteiger partial charge on any atom is -0.484 e. The van der Waals surface area contributed by atoms with Crippen molar-refractivity contribution < 1.29 is 14.3 Å². The average Bonchev–Trinajstić information content (AvgIpc) is 2.82. The molecule has 0 fully saturated rings. The number of amides is 2. The maximum Gasteiger partial charge on any atom is 0.261 e. The van der Waals surface area contributed by atoms with Crippen molar-refractivity contribution in [2.24, 2.45) is 0 Å². The van der Waals surface area contributed by atoms with Crippen LogP contribution in [0, 0.1) is 6.92 Å². The maximum atomic E-state index is 13.3. The number of hydrogen-bond donors (Lipinski definition) is 1. The Morgan fingerprint density at radius 1 is 0.875 bits per heavy atom. The van der Waals surface area contributed by atoms with Crippen LogP contribution in [-0.2, 0) is 22.6 Å². The second-order valence-corrected chi connectivity index (χ2v) is 7.71. The summed E-state index contributed by atoms with van der Waals surface area (Å²) < 4.78 is 5.72. The zero-order valence-electron chi connectivity index (χ0n) is 18.7. The van der Waals surface area contributed by atoms with Crippen molar-refractivity contribution in [1.29, 1.82) is 0 Å². The van der Waals surface area contributed by atoms with E-state index in [9.17, 15) is 9.59 Å². The molecule has 0 aliphatic rings. The fourth-order valence-electron chi connectivity index (χ4n) is 3.48. The van der Waals surface area contributed by atoms with Crippen LogP contribution in [0.1, 0.15) is 23.6 Å². The lowest BCUT2D eigenvalue weighted by Crippen LogP contribution is -2.51. The second-order valence-electron chi connectivity index (χ2n) is 7.71. The van der Waals surface area contributed by atoms with E-state index in [1.54, 1.807) is 4.90 Å². The highest BCUT2D eigenvalue weighted by Crippen LogP contribution is 2.16. The molecule has 0 heterocycles. The first-order valence-corrected chi connectivity index (χ1v) is 10.9. The van der Waals surface area contributed by atoms with Crippen LogP contribution in [0.5, 0.6) is 5.75 Å². The Morgan fingerprint density at radius 2 is 1.50 bits per heavy atom. The molecule has 3 aromatic carbocycles. The summed E-state index contributed by atoms with van der Waals surface area (Å²) in [6.45, 7) is 4.58. The molecule has 32 heavy (non-hydrogen) atoms. The number of aryl methyl sites for hydroxylation is 1. The second kappa shape index (κ2) is 11.7. The Balaban J connectivity index is 1.87. The number of likely N-dealkylation sites (N-methyl/N-ethyl adjacent to an activating group) is 1. The van der Waals surface area contributed by atoms with E-state index in [0.29, 0.717) is 25.3 Å². The Morgan fingerprint density at radius 3 is 2.12 bits per heavy atom. The molecule has 3 aromatic rings. The molecule has 1 N–H and O–H groups in total. The van der Waals surface area contributed by atoms with E-state index < -0.39 is 6.04 Å². The Labute approximate surface area is 190 Å². The summed E-state index contributed by atoms with van der Waals surface area (Å²) in [5.74, 6) is 0.215. The molecule has 0 saturated carbocycles. The molecular formula is C27H30N2O3. The number of carbonyl (C=O) groups excluding carboxylic acids is 2.